The Hall–Kier alpha value is -2.68. The van der Waals surface area contributed by atoms with Gasteiger partial charge in [0.1, 0.15) is 16.9 Å². The van der Waals surface area contributed by atoms with E-state index in [9.17, 15) is 4.21 Å². The minimum atomic E-state index is -1.16. The molecule has 202 valence electrons. The third kappa shape index (κ3) is 5.53. The number of benzene rings is 2. The van der Waals surface area contributed by atoms with E-state index in [1.54, 1.807) is 6.20 Å². The molecule has 0 aliphatic carbocycles. The van der Waals surface area contributed by atoms with Crippen LogP contribution in [0.25, 0.3) is 0 Å². The van der Waals surface area contributed by atoms with Crippen LogP contribution in [0.1, 0.15) is 56.2 Å². The fourth-order valence-corrected chi connectivity index (χ4v) is 6.67. The van der Waals surface area contributed by atoms with Gasteiger partial charge in [-0.25, -0.2) is 4.98 Å². The van der Waals surface area contributed by atoms with Gasteiger partial charge in [0.2, 0.25) is 5.95 Å². The van der Waals surface area contributed by atoms with Gasteiger partial charge in [-0.05, 0) is 82.1 Å². The topological polar surface area (TPSA) is 79.4 Å². The number of aryl methyl sites for hydroxylation is 1. The highest BCUT2D eigenvalue weighted by molar-refractivity contribution is 7.85. The average Bonchev–Trinajstić information content (AvgIpc) is 3.28. The Bertz CT molecular complexity index is 1360. The summed E-state index contributed by atoms with van der Waals surface area (Å²) in [5, 5.41) is 7.04. The average molecular weight is 554 g/mol. The van der Waals surface area contributed by atoms with Crippen molar-refractivity contribution in [3.8, 4) is 5.75 Å². The predicted molar refractivity (Wildman–Crippen MR) is 156 cm³/mol. The van der Waals surface area contributed by atoms with E-state index < -0.39 is 10.8 Å². The molecule has 38 heavy (non-hydrogen) atoms. The van der Waals surface area contributed by atoms with Gasteiger partial charge >= 0.3 is 0 Å². The van der Waals surface area contributed by atoms with E-state index in [0.29, 0.717) is 33.3 Å². The Kier molecular flexibility index (Phi) is 7.93. The molecule has 2 N–H and O–H groups in total. The number of rotatable bonds is 7. The summed E-state index contributed by atoms with van der Waals surface area (Å²) in [5.74, 6) is 2.32. The Morgan fingerprint density at radius 3 is 2.63 bits per heavy atom. The lowest BCUT2D eigenvalue weighted by molar-refractivity contribution is 0.254. The number of nitrogens with zero attached hydrogens (tertiary/aromatic N) is 3. The van der Waals surface area contributed by atoms with Crippen molar-refractivity contribution in [2.24, 2.45) is 0 Å². The molecule has 1 saturated heterocycles. The first kappa shape index (κ1) is 26.9. The highest BCUT2D eigenvalue weighted by Gasteiger charge is 2.31. The van der Waals surface area contributed by atoms with Crippen molar-refractivity contribution < 1.29 is 8.95 Å². The molecule has 3 aromatic rings. The first-order chi connectivity index (χ1) is 18.2. The van der Waals surface area contributed by atoms with Gasteiger partial charge in [-0.2, -0.15) is 4.98 Å². The molecule has 2 atom stereocenters. The fraction of sp³-hybridized carbons (Fsp3) is 0.448. The first-order valence-electron chi connectivity index (χ1n) is 13.3. The Labute approximate surface area is 232 Å². The zero-order chi connectivity index (χ0) is 27.0. The second kappa shape index (κ2) is 11.2. The summed E-state index contributed by atoms with van der Waals surface area (Å²) in [6.45, 7) is 10.4. The quantitative estimate of drug-likeness (QED) is 0.342. The van der Waals surface area contributed by atoms with Crippen LogP contribution in [-0.2, 0) is 17.2 Å². The summed E-state index contributed by atoms with van der Waals surface area (Å²) in [6, 6.07) is 9.69. The van der Waals surface area contributed by atoms with E-state index in [-0.39, 0.29) is 11.4 Å². The first-order valence-corrected chi connectivity index (χ1v) is 14.9. The van der Waals surface area contributed by atoms with Crippen molar-refractivity contribution in [2.45, 2.75) is 69.1 Å². The lowest BCUT2D eigenvalue weighted by atomic mass is 9.82. The van der Waals surface area contributed by atoms with E-state index in [4.69, 9.17) is 16.3 Å². The second-order valence-electron chi connectivity index (χ2n) is 10.7. The van der Waals surface area contributed by atoms with E-state index in [0.717, 1.165) is 30.9 Å². The highest BCUT2D eigenvalue weighted by Crippen LogP contribution is 2.45. The highest BCUT2D eigenvalue weighted by atomic mass is 35.5. The smallest absolute Gasteiger partial charge is 0.229 e. The largest absolute Gasteiger partial charge is 0.488 e. The maximum absolute atomic E-state index is 12.8. The van der Waals surface area contributed by atoms with Crippen LogP contribution in [0.4, 0.5) is 23.1 Å². The monoisotopic (exact) mass is 553 g/mol. The molecule has 0 radical (unpaired) electrons. The predicted octanol–water partition coefficient (Wildman–Crippen LogP) is 6.57. The molecule has 0 amide bonds. The summed E-state index contributed by atoms with van der Waals surface area (Å²) in [6.07, 6.45) is 4.95. The van der Waals surface area contributed by atoms with Crippen LogP contribution in [0.3, 0.4) is 0 Å². The number of fused-ring (bicyclic) bond motifs is 1. The molecule has 1 unspecified atom stereocenters. The van der Waals surface area contributed by atoms with Gasteiger partial charge in [-0.1, -0.05) is 37.6 Å². The van der Waals surface area contributed by atoms with Crippen molar-refractivity contribution in [2.75, 3.05) is 30.8 Å². The molecule has 0 spiro atoms. The van der Waals surface area contributed by atoms with E-state index >= 15 is 0 Å². The van der Waals surface area contributed by atoms with Gasteiger partial charge in [0, 0.05) is 17.2 Å². The number of para-hydroxylation sites is 1. The number of likely N-dealkylation sites (tertiary alicyclic amines) is 1. The molecule has 1 aromatic heterocycles. The lowest BCUT2D eigenvalue weighted by Crippen LogP contribution is -2.29. The summed E-state index contributed by atoms with van der Waals surface area (Å²) in [5.41, 5.74) is 5.62. The molecule has 0 saturated carbocycles. The van der Waals surface area contributed by atoms with Crippen LogP contribution >= 0.6 is 11.6 Å². The zero-order valence-corrected chi connectivity index (χ0v) is 24.2. The van der Waals surface area contributed by atoms with Crippen molar-refractivity contribution >= 4 is 45.5 Å². The van der Waals surface area contributed by atoms with Gasteiger partial charge in [0.15, 0.2) is 5.82 Å². The summed E-state index contributed by atoms with van der Waals surface area (Å²) in [7, 11) is 1.04. The number of hydrogen-bond acceptors (Lipinski definition) is 7. The summed E-state index contributed by atoms with van der Waals surface area (Å²) >= 11 is 6.48. The Balaban J connectivity index is 1.45. The minimum Gasteiger partial charge on any atom is -0.488 e. The maximum Gasteiger partial charge on any atom is 0.229 e. The van der Waals surface area contributed by atoms with Crippen molar-refractivity contribution in [3.05, 3.63) is 58.2 Å². The van der Waals surface area contributed by atoms with Gasteiger partial charge in [-0.3, -0.25) is 4.21 Å². The lowest BCUT2D eigenvalue weighted by Gasteiger charge is -2.31. The van der Waals surface area contributed by atoms with Crippen molar-refractivity contribution in [3.63, 3.8) is 0 Å². The van der Waals surface area contributed by atoms with Gasteiger partial charge in [0.25, 0.3) is 0 Å². The molecule has 5 rings (SSSR count). The molecule has 9 heteroatoms. The number of piperidine rings is 1. The number of nitrogens with one attached hydrogen (secondary N) is 2. The molecule has 7 nitrogen and oxygen atoms in total. The number of anilines is 4. The SMILES string of the molecule is Cc1cc(Nc2ncc(Cl)c(Nc3ccccc3S(=O)C(C)C)n2)c2c(c1C1CCN(C)CC1)C[C@H](C)O2. The number of hydrogen-bond donors (Lipinski definition) is 2. The van der Waals surface area contributed by atoms with Crippen LogP contribution in [0.5, 0.6) is 5.75 Å². The molecule has 1 fully saturated rings. The zero-order valence-electron chi connectivity index (χ0n) is 22.7. The molecule has 3 heterocycles. The van der Waals surface area contributed by atoms with Gasteiger partial charge in [0.05, 0.1) is 33.3 Å². The molecular weight excluding hydrogens is 518 g/mol. The standard InChI is InChI=1S/C29H36ClN5O2S/c1-17(2)38(36)25-9-7-6-8-23(25)32-28-22(30)16-31-29(34-28)33-24-14-18(3)26(20-10-12-35(5)13-11-20)21-15-19(4)37-27(21)24/h6-9,14,16-17,19-20H,10-13,15H2,1-5H3,(H2,31,32,33,34)/t19-,38?/m0/s1. The van der Waals surface area contributed by atoms with Crippen LogP contribution in [0.15, 0.2) is 41.4 Å². The fourth-order valence-electron chi connectivity index (χ4n) is 5.47. The van der Waals surface area contributed by atoms with Gasteiger partial charge in [-0.15, -0.1) is 0 Å². The Morgan fingerprint density at radius 2 is 1.89 bits per heavy atom. The third-order valence-corrected chi connectivity index (χ3v) is 9.26. The van der Waals surface area contributed by atoms with Crippen LogP contribution in [-0.4, -0.2) is 50.6 Å². The van der Waals surface area contributed by atoms with E-state index in [1.807, 2.05) is 38.1 Å². The molecule has 2 aromatic carbocycles. The van der Waals surface area contributed by atoms with Crippen molar-refractivity contribution in [1.29, 1.82) is 0 Å². The molecule has 2 aliphatic heterocycles. The minimum absolute atomic E-state index is 0.0127. The third-order valence-electron chi connectivity index (χ3n) is 7.34. The number of ether oxygens (including phenoxy) is 1. The molecular formula is C29H36ClN5O2S. The Morgan fingerprint density at radius 1 is 1.16 bits per heavy atom. The molecule has 0 bridgehead atoms. The number of aromatic nitrogens is 2. The van der Waals surface area contributed by atoms with Gasteiger partial charge < -0.3 is 20.3 Å². The second-order valence-corrected chi connectivity index (χ2v) is 13.0. The normalized spacial score (nSPS) is 18.8. The van der Waals surface area contributed by atoms with Crippen molar-refractivity contribution in [1.82, 2.24) is 14.9 Å². The molecule has 2 aliphatic rings. The maximum atomic E-state index is 12.8. The summed E-state index contributed by atoms with van der Waals surface area (Å²) in [4.78, 5) is 12.2. The van der Waals surface area contributed by atoms with Crippen LogP contribution in [0.2, 0.25) is 5.02 Å². The summed E-state index contributed by atoms with van der Waals surface area (Å²) < 4.78 is 19.2. The van der Waals surface area contributed by atoms with Crippen LogP contribution in [0, 0.1) is 6.92 Å². The number of halogens is 1. The van der Waals surface area contributed by atoms with E-state index in [2.05, 4.69) is 52.5 Å². The van der Waals surface area contributed by atoms with Crippen LogP contribution < -0.4 is 15.4 Å². The van der Waals surface area contributed by atoms with E-state index in [1.165, 1.54) is 29.5 Å².